The lowest BCUT2D eigenvalue weighted by atomic mass is 9.86. The molecule has 1 aliphatic rings. The number of likely N-dealkylation sites (N-methyl/N-ethyl adjacent to an activating group) is 1. The molecule has 1 aromatic heterocycles. The van der Waals surface area contributed by atoms with Crippen LogP contribution < -0.4 is 5.32 Å². The Bertz CT molecular complexity index is 502. The van der Waals surface area contributed by atoms with Crippen molar-refractivity contribution in [1.29, 1.82) is 0 Å². The largest absolute Gasteiger partial charge is 0.350 e. The van der Waals surface area contributed by atoms with Gasteiger partial charge in [-0.2, -0.15) is 4.98 Å². The van der Waals surface area contributed by atoms with E-state index in [1.807, 2.05) is 32.0 Å². The molecule has 0 atom stereocenters. The number of carbonyl (C=O) groups excluding carboxylic acids is 1. The number of aryl methyl sites for hydroxylation is 1. The zero-order valence-electron chi connectivity index (χ0n) is 13.7. The Labute approximate surface area is 132 Å². The molecule has 6 heteroatoms. The van der Waals surface area contributed by atoms with Crippen LogP contribution in [0.2, 0.25) is 0 Å². The number of aromatic nitrogens is 2. The van der Waals surface area contributed by atoms with Crippen molar-refractivity contribution in [2.24, 2.45) is 0 Å². The van der Waals surface area contributed by atoms with Crippen molar-refractivity contribution >= 4 is 5.91 Å². The summed E-state index contributed by atoms with van der Waals surface area (Å²) in [5, 5.41) is 7.03. The third-order valence-corrected chi connectivity index (χ3v) is 3.96. The Hall–Kier alpha value is -1.69. The van der Waals surface area contributed by atoms with E-state index in [1.165, 1.54) is 0 Å². The van der Waals surface area contributed by atoms with E-state index >= 15 is 0 Å². The van der Waals surface area contributed by atoms with E-state index in [4.69, 9.17) is 4.52 Å². The molecule has 22 heavy (non-hydrogen) atoms. The van der Waals surface area contributed by atoms with E-state index in [-0.39, 0.29) is 11.9 Å². The van der Waals surface area contributed by atoms with Crippen molar-refractivity contribution < 1.29 is 9.32 Å². The fraction of sp³-hybridized carbons (Fsp3) is 0.688. The van der Waals surface area contributed by atoms with Gasteiger partial charge in [0.1, 0.15) is 0 Å². The average Bonchev–Trinajstić information content (AvgIpc) is 2.96. The van der Waals surface area contributed by atoms with Crippen molar-refractivity contribution in [3.63, 3.8) is 0 Å². The maximum absolute atomic E-state index is 11.8. The van der Waals surface area contributed by atoms with Gasteiger partial charge in [0, 0.05) is 31.0 Å². The summed E-state index contributed by atoms with van der Waals surface area (Å²) in [5.41, 5.74) is 0. The summed E-state index contributed by atoms with van der Waals surface area (Å²) in [5.74, 6) is 1.87. The Morgan fingerprint density at radius 3 is 2.68 bits per heavy atom. The van der Waals surface area contributed by atoms with Gasteiger partial charge in [-0.05, 0) is 39.8 Å². The van der Waals surface area contributed by atoms with E-state index in [0.717, 1.165) is 50.4 Å². The van der Waals surface area contributed by atoms with E-state index in [2.05, 4.69) is 15.5 Å². The molecule has 1 N–H and O–H groups in total. The van der Waals surface area contributed by atoms with Crippen LogP contribution in [-0.4, -0.2) is 47.6 Å². The third-order valence-electron chi connectivity index (χ3n) is 3.96. The highest BCUT2D eigenvalue weighted by molar-refractivity contribution is 5.87. The van der Waals surface area contributed by atoms with E-state index in [1.54, 1.807) is 6.08 Å². The molecular weight excluding hydrogens is 280 g/mol. The quantitative estimate of drug-likeness (QED) is 0.813. The van der Waals surface area contributed by atoms with Gasteiger partial charge in [0.05, 0.1) is 0 Å². The minimum atomic E-state index is -0.00337. The first-order chi connectivity index (χ1) is 10.6. The van der Waals surface area contributed by atoms with Gasteiger partial charge in [0.15, 0.2) is 5.82 Å². The summed E-state index contributed by atoms with van der Waals surface area (Å²) in [6, 6.07) is 0.251. The highest BCUT2D eigenvalue weighted by Crippen LogP contribution is 2.31. The number of carbonyl (C=O) groups is 1. The van der Waals surface area contributed by atoms with Gasteiger partial charge in [-0.1, -0.05) is 18.2 Å². The van der Waals surface area contributed by atoms with Gasteiger partial charge in [-0.3, -0.25) is 4.79 Å². The number of nitrogens with zero attached hydrogens (tertiary/aromatic N) is 3. The minimum Gasteiger partial charge on any atom is -0.350 e. The molecule has 2 rings (SSSR count). The Kier molecular flexibility index (Phi) is 6.12. The van der Waals surface area contributed by atoms with Crippen molar-refractivity contribution in [1.82, 2.24) is 20.4 Å². The molecule has 122 valence electrons. The second kappa shape index (κ2) is 8.08. The lowest BCUT2D eigenvalue weighted by molar-refractivity contribution is -0.117. The topological polar surface area (TPSA) is 71.3 Å². The molecule has 1 aliphatic carbocycles. The monoisotopic (exact) mass is 306 g/mol. The molecule has 1 heterocycles. The molecule has 0 unspecified atom stereocenters. The summed E-state index contributed by atoms with van der Waals surface area (Å²) in [6.45, 7) is 2.79. The normalized spacial score (nSPS) is 22.4. The van der Waals surface area contributed by atoms with E-state index in [0.29, 0.717) is 5.92 Å². The van der Waals surface area contributed by atoms with Gasteiger partial charge < -0.3 is 14.7 Å². The van der Waals surface area contributed by atoms with Crippen LogP contribution in [0.5, 0.6) is 0 Å². The first-order valence-electron chi connectivity index (χ1n) is 8.02. The number of hydrogen-bond acceptors (Lipinski definition) is 5. The number of amides is 1. The maximum atomic E-state index is 11.8. The summed E-state index contributed by atoms with van der Waals surface area (Å²) < 4.78 is 5.32. The summed E-state index contributed by atoms with van der Waals surface area (Å²) >= 11 is 0. The molecule has 0 aromatic carbocycles. The second-order valence-electron chi connectivity index (χ2n) is 6.12. The van der Waals surface area contributed by atoms with Crippen LogP contribution in [0, 0.1) is 0 Å². The molecule has 1 saturated carbocycles. The Balaban J connectivity index is 1.75. The average molecular weight is 306 g/mol. The summed E-state index contributed by atoms with van der Waals surface area (Å²) in [6.07, 6.45) is 8.19. The molecule has 0 radical (unpaired) electrons. The Morgan fingerprint density at radius 1 is 1.36 bits per heavy atom. The third kappa shape index (κ3) is 4.94. The highest BCUT2D eigenvalue weighted by atomic mass is 16.5. The molecular formula is C16H26N4O2. The van der Waals surface area contributed by atoms with Crippen molar-refractivity contribution in [3.05, 3.63) is 23.9 Å². The van der Waals surface area contributed by atoms with Gasteiger partial charge in [0.2, 0.25) is 11.8 Å². The SMILES string of the molecule is CCc1noc(C2CCC(NC(=O)/C=C/CN(C)C)CC2)n1. The van der Waals surface area contributed by atoms with Gasteiger partial charge >= 0.3 is 0 Å². The van der Waals surface area contributed by atoms with Gasteiger partial charge in [-0.15, -0.1) is 0 Å². The second-order valence-corrected chi connectivity index (χ2v) is 6.12. The molecule has 1 fully saturated rings. The first-order valence-corrected chi connectivity index (χ1v) is 8.02. The molecule has 0 aliphatic heterocycles. The van der Waals surface area contributed by atoms with E-state index < -0.39 is 0 Å². The predicted molar refractivity (Wildman–Crippen MR) is 84.5 cm³/mol. The molecule has 6 nitrogen and oxygen atoms in total. The minimum absolute atomic E-state index is 0.00337. The zero-order chi connectivity index (χ0) is 15.9. The van der Waals surface area contributed by atoms with Gasteiger partial charge in [-0.25, -0.2) is 0 Å². The highest BCUT2D eigenvalue weighted by Gasteiger charge is 2.26. The fourth-order valence-electron chi connectivity index (χ4n) is 2.68. The van der Waals surface area contributed by atoms with Crippen LogP contribution in [0.3, 0.4) is 0 Å². The zero-order valence-corrected chi connectivity index (χ0v) is 13.7. The van der Waals surface area contributed by atoms with Crippen LogP contribution in [0.25, 0.3) is 0 Å². The van der Waals surface area contributed by atoms with Crippen molar-refractivity contribution in [2.45, 2.75) is 51.0 Å². The molecule has 0 saturated heterocycles. The van der Waals surface area contributed by atoms with Crippen molar-refractivity contribution in [3.8, 4) is 0 Å². The lowest BCUT2D eigenvalue weighted by Gasteiger charge is -2.26. The fourth-order valence-corrected chi connectivity index (χ4v) is 2.68. The van der Waals surface area contributed by atoms with Gasteiger partial charge in [0.25, 0.3) is 0 Å². The van der Waals surface area contributed by atoms with Crippen LogP contribution in [0.15, 0.2) is 16.7 Å². The summed E-state index contributed by atoms with van der Waals surface area (Å²) in [7, 11) is 3.95. The number of nitrogens with one attached hydrogen (secondary N) is 1. The molecule has 0 spiro atoms. The summed E-state index contributed by atoms with van der Waals surface area (Å²) in [4.78, 5) is 18.3. The molecule has 0 bridgehead atoms. The van der Waals surface area contributed by atoms with Crippen LogP contribution in [0.1, 0.15) is 50.2 Å². The van der Waals surface area contributed by atoms with Crippen LogP contribution in [0.4, 0.5) is 0 Å². The van der Waals surface area contributed by atoms with Crippen LogP contribution in [-0.2, 0) is 11.2 Å². The first kappa shape index (κ1) is 16.7. The standard InChI is InChI=1S/C16H26N4O2/c1-4-14-18-16(22-19-14)12-7-9-13(10-8-12)17-15(21)6-5-11-20(2)3/h5-6,12-13H,4,7-11H2,1-3H3,(H,17,21)/b6-5+. The number of rotatable bonds is 6. The molecule has 1 amide bonds. The van der Waals surface area contributed by atoms with E-state index in [9.17, 15) is 4.79 Å². The van der Waals surface area contributed by atoms with Crippen molar-refractivity contribution in [2.75, 3.05) is 20.6 Å². The smallest absolute Gasteiger partial charge is 0.243 e. The maximum Gasteiger partial charge on any atom is 0.243 e. The Morgan fingerprint density at radius 2 is 2.09 bits per heavy atom. The predicted octanol–water partition coefficient (Wildman–Crippen LogP) is 1.89. The van der Waals surface area contributed by atoms with Crippen LogP contribution >= 0.6 is 0 Å². The number of hydrogen-bond donors (Lipinski definition) is 1. The lowest BCUT2D eigenvalue weighted by Crippen LogP contribution is -2.36. The molecule has 1 aromatic rings.